The second kappa shape index (κ2) is 16.5. The van der Waals surface area contributed by atoms with E-state index in [1.807, 2.05) is 19.2 Å². The standard InChI is InChI=1S/C34H47N9O4/c1-24(19-38-23-36)47-31-17-25(3-4-26(31)18-35)27-20-40-33(41-21-27)42-30(32(37-2)46-14-11-34(44)9-10-34)22-39-28-5-7-29(8-6-28)43-12-15-45-16-13-43/h3-4,17,20-24,28-29,37,44H,5-16,19H2,1-2H3,(H2,36,38)(H,40,41,42)/t24-,28?,29?/m0/s1. The number of nitrogens with two attached hydrogens (primary N) is 1. The molecule has 2 saturated carbocycles. The Morgan fingerprint density at radius 3 is 2.62 bits per heavy atom. The molecule has 2 aliphatic carbocycles. The number of nitrogens with one attached hydrogen (secondary N) is 2. The summed E-state index contributed by atoms with van der Waals surface area (Å²) >= 11 is 0. The fraction of sp³-hybridized carbons (Fsp3) is 0.559. The molecule has 1 aromatic carbocycles. The van der Waals surface area contributed by atoms with Crippen molar-refractivity contribution in [1.29, 1.82) is 5.26 Å². The first-order chi connectivity index (χ1) is 22.9. The minimum Gasteiger partial charge on any atom is -0.487 e. The normalized spacial score (nSPS) is 22.3. The van der Waals surface area contributed by atoms with E-state index in [2.05, 4.69) is 36.6 Å². The van der Waals surface area contributed by atoms with Crippen LogP contribution >= 0.6 is 0 Å². The zero-order valence-electron chi connectivity index (χ0n) is 27.4. The van der Waals surface area contributed by atoms with E-state index in [9.17, 15) is 10.4 Å². The van der Waals surface area contributed by atoms with E-state index in [0.29, 0.717) is 54.5 Å². The van der Waals surface area contributed by atoms with Crippen molar-refractivity contribution in [2.24, 2.45) is 15.7 Å². The van der Waals surface area contributed by atoms with Crippen LogP contribution in [-0.4, -0.2) is 103 Å². The first-order valence-corrected chi connectivity index (χ1v) is 16.5. The summed E-state index contributed by atoms with van der Waals surface area (Å²) in [6.07, 6.45) is 12.7. The van der Waals surface area contributed by atoms with Crippen LogP contribution in [0.3, 0.4) is 0 Å². The van der Waals surface area contributed by atoms with Gasteiger partial charge in [-0.1, -0.05) is 6.07 Å². The summed E-state index contributed by atoms with van der Waals surface area (Å²) in [7, 11) is 1.79. The van der Waals surface area contributed by atoms with E-state index < -0.39 is 5.60 Å². The summed E-state index contributed by atoms with van der Waals surface area (Å²) in [5, 5.41) is 26.3. The molecule has 1 aromatic heterocycles. The molecule has 2 aromatic rings. The second-order valence-corrected chi connectivity index (χ2v) is 12.4. The fourth-order valence-electron chi connectivity index (χ4n) is 5.88. The van der Waals surface area contributed by atoms with Crippen molar-refractivity contribution in [2.75, 3.05) is 51.8 Å². The average molecular weight is 646 g/mol. The van der Waals surface area contributed by atoms with Gasteiger partial charge in [-0.25, -0.2) is 9.97 Å². The smallest absolute Gasteiger partial charge is 0.227 e. The molecular weight excluding hydrogens is 598 g/mol. The van der Waals surface area contributed by atoms with Gasteiger partial charge < -0.3 is 35.7 Å². The highest BCUT2D eigenvalue weighted by molar-refractivity contribution is 5.83. The number of aliphatic imine (C=N–C) groups is 2. The molecule has 0 amide bonds. The van der Waals surface area contributed by atoms with Crippen LogP contribution in [0.25, 0.3) is 11.1 Å². The Morgan fingerprint density at radius 2 is 1.96 bits per heavy atom. The Bertz CT molecular complexity index is 1440. The molecule has 2 heterocycles. The molecule has 13 nitrogen and oxygen atoms in total. The number of benzene rings is 1. The van der Waals surface area contributed by atoms with E-state index in [1.54, 1.807) is 31.6 Å². The van der Waals surface area contributed by atoms with E-state index in [4.69, 9.17) is 24.9 Å². The van der Waals surface area contributed by atoms with E-state index in [0.717, 1.165) is 76.0 Å². The van der Waals surface area contributed by atoms with Crippen molar-refractivity contribution in [1.82, 2.24) is 20.2 Å². The van der Waals surface area contributed by atoms with Crippen LogP contribution in [0, 0.1) is 11.3 Å². The summed E-state index contributed by atoms with van der Waals surface area (Å²) < 4.78 is 17.6. The second-order valence-electron chi connectivity index (χ2n) is 12.4. The third kappa shape index (κ3) is 9.87. The summed E-state index contributed by atoms with van der Waals surface area (Å²) in [5.74, 6) is 1.34. The lowest BCUT2D eigenvalue weighted by Gasteiger charge is -2.38. The number of aromatic nitrogens is 2. The topological polar surface area (TPSA) is 176 Å². The molecule has 1 aliphatic heterocycles. The molecule has 3 aliphatic rings. The number of rotatable bonds is 15. The lowest BCUT2D eigenvalue weighted by molar-refractivity contribution is 0.00755. The maximum absolute atomic E-state index is 10.3. The molecule has 13 heteroatoms. The van der Waals surface area contributed by atoms with Gasteiger partial charge in [0.1, 0.15) is 23.6 Å². The Balaban J connectivity index is 1.28. The van der Waals surface area contributed by atoms with Gasteiger partial charge in [-0.15, -0.1) is 0 Å². The molecule has 47 heavy (non-hydrogen) atoms. The minimum absolute atomic E-state index is 0.218. The van der Waals surface area contributed by atoms with Gasteiger partial charge >= 0.3 is 0 Å². The van der Waals surface area contributed by atoms with Gasteiger partial charge in [-0.05, 0) is 63.1 Å². The molecule has 5 rings (SSSR count). The highest BCUT2D eigenvalue weighted by Gasteiger charge is 2.39. The average Bonchev–Trinajstić information content (AvgIpc) is 3.85. The molecule has 1 saturated heterocycles. The maximum atomic E-state index is 10.3. The summed E-state index contributed by atoms with van der Waals surface area (Å²) in [6.45, 7) is 6.27. The van der Waals surface area contributed by atoms with Gasteiger partial charge in [-0.2, -0.15) is 5.26 Å². The van der Waals surface area contributed by atoms with Gasteiger partial charge in [-0.3, -0.25) is 14.9 Å². The van der Waals surface area contributed by atoms with E-state index in [-0.39, 0.29) is 12.1 Å². The first kappa shape index (κ1) is 34.1. The third-order valence-electron chi connectivity index (χ3n) is 8.89. The Hall–Kier alpha value is -4.25. The molecule has 252 valence electrons. The molecule has 5 N–H and O–H groups in total. The SMILES string of the molecule is CNC(OCCC1(O)CC1)=C(C=NC1CCC(N2CCOCC2)CC1)Nc1ncc(-c2ccc(C#N)c(O[C@@H](C)CN=CN)c2)cn1. The molecule has 0 bridgehead atoms. The minimum atomic E-state index is -0.606. The number of ether oxygens (including phenoxy) is 3. The highest BCUT2D eigenvalue weighted by Crippen LogP contribution is 2.38. The van der Waals surface area contributed by atoms with Crippen molar-refractivity contribution < 1.29 is 19.3 Å². The van der Waals surface area contributed by atoms with Crippen molar-refractivity contribution >= 4 is 18.5 Å². The molecular formula is C34H47N9O4. The van der Waals surface area contributed by atoms with Gasteiger partial charge in [0, 0.05) is 50.6 Å². The molecule has 1 atom stereocenters. The molecule has 0 radical (unpaired) electrons. The zero-order chi connectivity index (χ0) is 33.1. The van der Waals surface area contributed by atoms with Crippen molar-refractivity contribution in [3.63, 3.8) is 0 Å². The van der Waals surface area contributed by atoms with Gasteiger partial charge in [0.05, 0.1) is 56.1 Å². The highest BCUT2D eigenvalue weighted by atomic mass is 16.5. The predicted molar refractivity (Wildman–Crippen MR) is 181 cm³/mol. The predicted octanol–water partition coefficient (Wildman–Crippen LogP) is 3.22. The van der Waals surface area contributed by atoms with Crippen molar-refractivity contribution in [2.45, 2.75) is 75.7 Å². The largest absolute Gasteiger partial charge is 0.487 e. The number of hydrogen-bond donors (Lipinski definition) is 4. The van der Waals surface area contributed by atoms with Gasteiger partial charge in [0.2, 0.25) is 11.8 Å². The number of allylic oxidation sites excluding steroid dienone is 1. The summed E-state index contributed by atoms with van der Waals surface area (Å²) in [6, 6.07) is 8.36. The Kier molecular flexibility index (Phi) is 12.0. The zero-order valence-corrected chi connectivity index (χ0v) is 27.4. The van der Waals surface area contributed by atoms with E-state index >= 15 is 0 Å². The number of morpholine rings is 1. The van der Waals surface area contributed by atoms with Crippen LogP contribution in [0.1, 0.15) is 57.4 Å². The van der Waals surface area contributed by atoms with Gasteiger partial charge in [0.15, 0.2) is 0 Å². The number of nitrogens with zero attached hydrogens (tertiary/aromatic N) is 6. The van der Waals surface area contributed by atoms with Crippen molar-refractivity contribution in [3.05, 3.63) is 47.7 Å². The Morgan fingerprint density at radius 1 is 1.21 bits per heavy atom. The lowest BCUT2D eigenvalue weighted by atomic mass is 9.90. The van der Waals surface area contributed by atoms with Crippen molar-refractivity contribution in [3.8, 4) is 22.9 Å². The monoisotopic (exact) mass is 645 g/mol. The van der Waals surface area contributed by atoms with E-state index in [1.165, 1.54) is 6.34 Å². The molecule has 0 spiro atoms. The Labute approximate surface area is 276 Å². The maximum Gasteiger partial charge on any atom is 0.227 e. The number of anilines is 1. The van der Waals surface area contributed by atoms with Crippen LogP contribution in [0.4, 0.5) is 5.95 Å². The number of nitriles is 1. The summed E-state index contributed by atoms with van der Waals surface area (Å²) in [4.78, 5) is 20.7. The van der Waals surface area contributed by atoms with Crippen LogP contribution in [0.5, 0.6) is 5.75 Å². The molecule has 0 unspecified atom stereocenters. The lowest BCUT2D eigenvalue weighted by Crippen LogP contribution is -2.45. The van der Waals surface area contributed by atoms with Crippen LogP contribution < -0.4 is 21.1 Å². The quantitative estimate of drug-likeness (QED) is 0.127. The fourth-order valence-corrected chi connectivity index (χ4v) is 5.88. The first-order valence-electron chi connectivity index (χ1n) is 16.5. The van der Waals surface area contributed by atoms with Gasteiger partial charge in [0.25, 0.3) is 0 Å². The summed E-state index contributed by atoms with van der Waals surface area (Å²) in [5.41, 5.74) is 7.36. The van der Waals surface area contributed by atoms with Crippen LogP contribution in [0.2, 0.25) is 0 Å². The van der Waals surface area contributed by atoms with Crippen LogP contribution in [0.15, 0.2) is 52.2 Å². The third-order valence-corrected chi connectivity index (χ3v) is 8.89. The van der Waals surface area contributed by atoms with Crippen LogP contribution in [-0.2, 0) is 9.47 Å². The number of aliphatic hydroxyl groups is 1. The number of hydrogen-bond acceptors (Lipinski definition) is 12. The molecule has 3 fully saturated rings.